The Labute approximate surface area is 159 Å². The van der Waals surface area contributed by atoms with Gasteiger partial charge in [-0.3, -0.25) is 4.79 Å². The minimum atomic E-state index is -0.0392. The summed E-state index contributed by atoms with van der Waals surface area (Å²) >= 11 is 1.65. The Hall–Kier alpha value is -1.49. The summed E-state index contributed by atoms with van der Waals surface area (Å²) in [6.07, 6.45) is 8.98. The number of thioether (sulfide) groups is 1. The first kappa shape index (κ1) is 16.7. The maximum atomic E-state index is 12.3. The largest absolute Gasteiger partial charge is 0.385 e. The van der Waals surface area contributed by atoms with Crippen LogP contribution in [0.25, 0.3) is 0 Å². The van der Waals surface area contributed by atoms with Crippen LogP contribution in [0.3, 0.4) is 0 Å². The fraction of sp³-hybridized carbons (Fsp3) is 0.619. The van der Waals surface area contributed by atoms with E-state index in [1.165, 1.54) is 38.5 Å². The summed E-state index contributed by atoms with van der Waals surface area (Å²) in [5, 5.41) is 8.01. The second kappa shape index (κ2) is 6.59. The summed E-state index contributed by atoms with van der Waals surface area (Å²) in [4.78, 5) is 16.7. The molecule has 4 fully saturated rings. The van der Waals surface area contributed by atoms with Gasteiger partial charge in [0.05, 0.1) is 5.25 Å². The van der Waals surface area contributed by atoms with Crippen LogP contribution in [-0.4, -0.2) is 28.4 Å². The Kier molecular flexibility index (Phi) is 4.23. The number of amidine groups is 1. The lowest BCUT2D eigenvalue weighted by molar-refractivity contribution is -0.117. The number of anilines is 1. The molecule has 1 amide bonds. The van der Waals surface area contributed by atoms with Gasteiger partial charge in [0, 0.05) is 17.8 Å². The van der Waals surface area contributed by atoms with Crippen molar-refractivity contribution in [2.24, 2.45) is 22.7 Å². The van der Waals surface area contributed by atoms with Gasteiger partial charge in [0.25, 0.3) is 5.91 Å². The highest BCUT2D eigenvalue weighted by atomic mass is 32.2. The van der Waals surface area contributed by atoms with Gasteiger partial charge in [0.15, 0.2) is 5.17 Å². The number of benzene rings is 1. The Morgan fingerprint density at radius 3 is 2.35 bits per heavy atom. The number of rotatable bonds is 5. The van der Waals surface area contributed by atoms with Gasteiger partial charge in [0.1, 0.15) is 0 Å². The molecule has 26 heavy (non-hydrogen) atoms. The Morgan fingerprint density at radius 1 is 1.04 bits per heavy atom. The van der Waals surface area contributed by atoms with E-state index in [0.717, 1.165) is 41.6 Å². The summed E-state index contributed by atoms with van der Waals surface area (Å²) in [7, 11) is 0. The first-order chi connectivity index (χ1) is 12.7. The SMILES string of the molecule is O=C1N=C(NC23CC4CC(CC(C4)C2)C3)SC1CCNc1ccccc1. The molecule has 0 aromatic heterocycles. The quantitative estimate of drug-likeness (QED) is 0.822. The van der Waals surface area contributed by atoms with Gasteiger partial charge in [0.2, 0.25) is 0 Å². The summed E-state index contributed by atoms with van der Waals surface area (Å²) in [6, 6.07) is 10.2. The first-order valence-electron chi connectivity index (χ1n) is 10.0. The Morgan fingerprint density at radius 2 is 1.69 bits per heavy atom. The zero-order chi connectivity index (χ0) is 17.6. The minimum Gasteiger partial charge on any atom is -0.385 e. The average molecular weight is 370 g/mol. The molecule has 4 bridgehead atoms. The highest BCUT2D eigenvalue weighted by Gasteiger charge is 2.51. The van der Waals surface area contributed by atoms with E-state index in [4.69, 9.17) is 0 Å². The highest BCUT2D eigenvalue weighted by Crippen LogP contribution is 2.55. The maximum absolute atomic E-state index is 12.3. The monoisotopic (exact) mass is 369 g/mol. The Bertz CT molecular complexity index is 682. The number of amides is 1. The van der Waals surface area contributed by atoms with Gasteiger partial charge in [-0.05, 0) is 74.8 Å². The molecule has 2 N–H and O–H groups in total. The van der Waals surface area contributed by atoms with Crippen LogP contribution in [0.5, 0.6) is 0 Å². The fourth-order valence-corrected chi connectivity index (χ4v) is 7.09. The third-order valence-electron chi connectivity index (χ3n) is 6.66. The van der Waals surface area contributed by atoms with Crippen molar-refractivity contribution in [1.82, 2.24) is 5.32 Å². The van der Waals surface area contributed by atoms with Crippen molar-refractivity contribution in [3.05, 3.63) is 30.3 Å². The molecule has 0 saturated heterocycles. The van der Waals surface area contributed by atoms with Gasteiger partial charge in [-0.25, -0.2) is 0 Å². The van der Waals surface area contributed by atoms with Crippen molar-refractivity contribution in [3.63, 3.8) is 0 Å². The van der Waals surface area contributed by atoms with E-state index in [1.54, 1.807) is 11.8 Å². The van der Waals surface area contributed by atoms with Crippen LogP contribution in [0.15, 0.2) is 35.3 Å². The van der Waals surface area contributed by atoms with Crippen LogP contribution in [0.2, 0.25) is 0 Å². The summed E-state index contributed by atoms with van der Waals surface area (Å²) in [6.45, 7) is 0.799. The first-order valence-corrected chi connectivity index (χ1v) is 10.9. The standard InChI is InChI=1S/C21H27N3OS/c25-19-18(6-7-22-17-4-2-1-3-5-17)26-20(23-19)24-21-11-14-8-15(12-21)10-16(9-14)13-21/h1-5,14-16,18,22H,6-13H2,(H,23,24,25). The number of hydrogen-bond acceptors (Lipinski definition) is 4. The number of aliphatic imine (C=N–C) groups is 1. The zero-order valence-corrected chi connectivity index (χ0v) is 15.9. The predicted molar refractivity (Wildman–Crippen MR) is 107 cm³/mol. The third kappa shape index (κ3) is 3.26. The number of carbonyl (C=O) groups is 1. The normalized spacial score (nSPS) is 37.7. The molecule has 1 heterocycles. The van der Waals surface area contributed by atoms with Crippen molar-refractivity contribution >= 4 is 28.5 Å². The molecule has 1 aromatic carbocycles. The molecule has 1 aliphatic heterocycles. The summed E-state index contributed by atoms with van der Waals surface area (Å²) in [5.74, 6) is 2.75. The molecule has 4 nitrogen and oxygen atoms in total. The molecule has 138 valence electrons. The number of carbonyl (C=O) groups excluding carboxylic acids is 1. The Balaban J connectivity index is 1.16. The van der Waals surface area contributed by atoms with Crippen molar-refractivity contribution in [3.8, 4) is 0 Å². The summed E-state index contributed by atoms with van der Waals surface area (Å²) < 4.78 is 0. The average Bonchev–Trinajstić information content (AvgIpc) is 2.93. The molecular weight excluding hydrogens is 342 g/mol. The molecule has 4 aliphatic carbocycles. The van der Waals surface area contributed by atoms with E-state index < -0.39 is 0 Å². The lowest BCUT2D eigenvalue weighted by Gasteiger charge is -2.57. The van der Waals surface area contributed by atoms with Gasteiger partial charge in [-0.15, -0.1) is 0 Å². The van der Waals surface area contributed by atoms with E-state index >= 15 is 0 Å². The van der Waals surface area contributed by atoms with E-state index in [1.807, 2.05) is 18.2 Å². The molecule has 1 unspecified atom stereocenters. The van der Waals surface area contributed by atoms with Crippen LogP contribution >= 0.6 is 11.8 Å². The summed E-state index contributed by atoms with van der Waals surface area (Å²) in [5.41, 5.74) is 1.34. The number of nitrogens with one attached hydrogen (secondary N) is 2. The zero-order valence-electron chi connectivity index (χ0n) is 15.1. The molecule has 6 rings (SSSR count). The third-order valence-corrected chi connectivity index (χ3v) is 7.80. The molecule has 5 aliphatic rings. The van der Waals surface area contributed by atoms with E-state index in [2.05, 4.69) is 27.8 Å². The molecular formula is C21H27N3OS. The van der Waals surface area contributed by atoms with E-state index in [0.29, 0.717) is 0 Å². The predicted octanol–water partition coefficient (Wildman–Crippen LogP) is 4.05. The van der Waals surface area contributed by atoms with Crippen LogP contribution in [0.1, 0.15) is 44.9 Å². The molecule has 1 aromatic rings. The number of hydrogen-bond donors (Lipinski definition) is 2. The van der Waals surface area contributed by atoms with Gasteiger partial charge in [-0.1, -0.05) is 30.0 Å². The van der Waals surface area contributed by atoms with Crippen molar-refractivity contribution in [2.75, 3.05) is 11.9 Å². The van der Waals surface area contributed by atoms with Crippen LogP contribution in [0.4, 0.5) is 5.69 Å². The molecule has 1 atom stereocenters. The van der Waals surface area contributed by atoms with E-state index in [-0.39, 0.29) is 16.7 Å². The second-order valence-electron chi connectivity index (χ2n) is 8.77. The van der Waals surface area contributed by atoms with Crippen molar-refractivity contribution < 1.29 is 4.79 Å². The lowest BCUT2D eigenvalue weighted by Crippen LogP contribution is -2.59. The topological polar surface area (TPSA) is 53.5 Å². The lowest BCUT2D eigenvalue weighted by atomic mass is 9.53. The van der Waals surface area contributed by atoms with Crippen molar-refractivity contribution in [2.45, 2.75) is 55.7 Å². The van der Waals surface area contributed by atoms with Crippen LogP contribution in [-0.2, 0) is 4.79 Å². The molecule has 0 radical (unpaired) electrons. The fourth-order valence-electron chi connectivity index (χ4n) is 6.02. The smallest absolute Gasteiger partial charge is 0.261 e. The van der Waals surface area contributed by atoms with Gasteiger partial charge >= 0.3 is 0 Å². The van der Waals surface area contributed by atoms with Gasteiger partial charge in [-0.2, -0.15) is 4.99 Å². The van der Waals surface area contributed by atoms with Crippen molar-refractivity contribution in [1.29, 1.82) is 0 Å². The molecule has 5 heteroatoms. The van der Waals surface area contributed by atoms with Crippen LogP contribution in [0, 0.1) is 17.8 Å². The minimum absolute atomic E-state index is 0.0390. The highest BCUT2D eigenvalue weighted by molar-refractivity contribution is 8.15. The van der Waals surface area contributed by atoms with Gasteiger partial charge < -0.3 is 10.6 Å². The second-order valence-corrected chi connectivity index (χ2v) is 9.96. The van der Waals surface area contributed by atoms with E-state index in [9.17, 15) is 4.79 Å². The number of nitrogens with zero attached hydrogens (tertiary/aromatic N) is 1. The molecule has 0 spiro atoms. The molecule has 4 saturated carbocycles. The van der Waals surface area contributed by atoms with Crippen LogP contribution < -0.4 is 10.6 Å². The number of para-hydroxylation sites is 1. The maximum Gasteiger partial charge on any atom is 0.261 e.